The van der Waals surface area contributed by atoms with Crippen molar-refractivity contribution in [1.82, 2.24) is 0 Å². The van der Waals surface area contributed by atoms with E-state index in [0.29, 0.717) is 0 Å². The predicted octanol–water partition coefficient (Wildman–Crippen LogP) is -1.06. The first kappa shape index (κ1) is 12.9. The van der Waals surface area contributed by atoms with Gasteiger partial charge in [0.25, 0.3) is 0 Å². The Labute approximate surface area is 98.4 Å². The molecule has 2 heteroatoms. The fourth-order valence-corrected chi connectivity index (χ4v) is 1.11. The molecule has 0 saturated carbocycles. The van der Waals surface area contributed by atoms with Crippen molar-refractivity contribution in [2.75, 3.05) is 27.7 Å². The lowest BCUT2D eigenvalue weighted by Gasteiger charge is -2.23. The lowest BCUT2D eigenvalue weighted by atomic mass is 10.1. The number of rotatable bonds is 3. The van der Waals surface area contributed by atoms with Gasteiger partial charge in [-0.2, -0.15) is 0 Å². The van der Waals surface area contributed by atoms with Crippen LogP contribution in [0.2, 0.25) is 0 Å². The molecule has 0 aliphatic heterocycles. The van der Waals surface area contributed by atoms with Gasteiger partial charge in [0.15, 0.2) is 0 Å². The number of hydrogen-bond donors (Lipinski definition) is 0. The highest BCUT2D eigenvalue weighted by Crippen LogP contribution is 2.02. The molecule has 0 atom stereocenters. The summed E-state index contributed by atoms with van der Waals surface area (Å²) in [5, 5.41) is 0. The Morgan fingerprint density at radius 2 is 1.54 bits per heavy atom. The summed E-state index contributed by atoms with van der Waals surface area (Å²) in [4.78, 5) is 0. The largest absolute Gasteiger partial charge is 1.00 e. The van der Waals surface area contributed by atoms with Crippen LogP contribution in [0.5, 0.6) is 0 Å². The van der Waals surface area contributed by atoms with Gasteiger partial charge in [-0.3, -0.25) is 0 Å². The summed E-state index contributed by atoms with van der Waals surface area (Å²) in [5.41, 5.74) is 1.44. The van der Waals surface area contributed by atoms with E-state index in [2.05, 4.69) is 51.5 Å². The van der Waals surface area contributed by atoms with Crippen molar-refractivity contribution in [1.29, 1.82) is 0 Å². The first-order valence-corrected chi connectivity index (χ1v) is 4.42. The molecule has 0 aliphatic carbocycles. The maximum absolute atomic E-state index is 2.23. The van der Waals surface area contributed by atoms with Crippen molar-refractivity contribution in [3.8, 4) is 0 Å². The number of hydrogen-bond acceptors (Lipinski definition) is 0. The molecule has 1 rings (SSSR count). The predicted molar refractivity (Wildman–Crippen MR) is 53.0 cm³/mol. The maximum atomic E-state index is 2.23. The lowest BCUT2D eigenvalue weighted by molar-refractivity contribution is -0.870. The van der Waals surface area contributed by atoms with Gasteiger partial charge in [0.05, 0.1) is 27.7 Å². The van der Waals surface area contributed by atoms with Crippen LogP contribution < -0.4 is 24.0 Å². The molecule has 0 aromatic heterocycles. The van der Waals surface area contributed by atoms with Gasteiger partial charge in [0.2, 0.25) is 0 Å². The Balaban J connectivity index is 0.00000144. The average Bonchev–Trinajstić information content (AvgIpc) is 2.02. The Bertz CT molecular complexity index is 226. The van der Waals surface area contributed by atoms with Crippen LogP contribution in [-0.2, 0) is 6.42 Å². The van der Waals surface area contributed by atoms with E-state index >= 15 is 0 Å². The third-order valence-corrected chi connectivity index (χ3v) is 1.91. The summed E-state index contributed by atoms with van der Waals surface area (Å²) in [5.74, 6) is 0. The van der Waals surface area contributed by atoms with Gasteiger partial charge in [-0.1, -0.05) is 30.3 Å². The summed E-state index contributed by atoms with van der Waals surface area (Å²) < 4.78 is 1.04. The highest BCUT2D eigenvalue weighted by atomic mass is 127. The number of benzene rings is 1. The van der Waals surface area contributed by atoms with Gasteiger partial charge in [-0.15, -0.1) is 0 Å². The molecular formula is C11H18IN. The van der Waals surface area contributed by atoms with Crippen molar-refractivity contribution in [3.63, 3.8) is 0 Å². The van der Waals surface area contributed by atoms with E-state index in [-0.39, 0.29) is 24.0 Å². The Morgan fingerprint density at radius 3 is 2.00 bits per heavy atom. The summed E-state index contributed by atoms with van der Waals surface area (Å²) in [6.07, 6.45) is 1.17. The molecule has 0 aliphatic rings. The van der Waals surface area contributed by atoms with E-state index < -0.39 is 0 Å². The first-order chi connectivity index (χ1) is 5.58. The van der Waals surface area contributed by atoms with E-state index in [1.54, 1.807) is 0 Å². The van der Waals surface area contributed by atoms with E-state index in [1.807, 2.05) is 0 Å². The fourth-order valence-electron chi connectivity index (χ4n) is 1.11. The molecule has 0 heterocycles. The highest BCUT2D eigenvalue weighted by Gasteiger charge is 2.05. The lowest BCUT2D eigenvalue weighted by Crippen LogP contribution is -3.00. The van der Waals surface area contributed by atoms with E-state index in [1.165, 1.54) is 18.5 Å². The smallest absolute Gasteiger partial charge is 0.0821 e. The molecule has 0 amide bonds. The minimum atomic E-state index is 0. The summed E-state index contributed by atoms with van der Waals surface area (Å²) in [6, 6.07) is 10.6. The van der Waals surface area contributed by atoms with E-state index in [0.717, 1.165) is 4.48 Å². The van der Waals surface area contributed by atoms with Crippen LogP contribution in [0.25, 0.3) is 0 Å². The van der Waals surface area contributed by atoms with Crippen LogP contribution in [0.15, 0.2) is 30.3 Å². The molecule has 13 heavy (non-hydrogen) atoms. The second kappa shape index (κ2) is 5.60. The molecule has 1 aromatic carbocycles. The molecule has 0 fully saturated rings. The second-order valence-corrected chi connectivity index (χ2v) is 4.25. The number of nitrogens with zero attached hydrogens (tertiary/aromatic N) is 1. The van der Waals surface area contributed by atoms with Crippen LogP contribution in [0.3, 0.4) is 0 Å². The third kappa shape index (κ3) is 6.05. The monoisotopic (exact) mass is 291 g/mol. The molecule has 74 valence electrons. The third-order valence-electron chi connectivity index (χ3n) is 1.91. The van der Waals surface area contributed by atoms with Gasteiger partial charge >= 0.3 is 0 Å². The minimum Gasteiger partial charge on any atom is -1.00 e. The molecule has 0 N–H and O–H groups in total. The van der Waals surface area contributed by atoms with Crippen LogP contribution >= 0.6 is 0 Å². The average molecular weight is 291 g/mol. The SMILES string of the molecule is C[N+](C)(C)CCc1ccccc1.[I-]. The zero-order valence-electron chi connectivity index (χ0n) is 8.63. The van der Waals surface area contributed by atoms with Crippen LogP contribution in [0, 0.1) is 0 Å². The first-order valence-electron chi connectivity index (χ1n) is 4.42. The minimum absolute atomic E-state index is 0. The molecule has 0 radical (unpaired) electrons. The second-order valence-electron chi connectivity index (χ2n) is 4.25. The van der Waals surface area contributed by atoms with E-state index in [4.69, 9.17) is 0 Å². The quantitative estimate of drug-likeness (QED) is 0.492. The molecule has 0 spiro atoms. The van der Waals surface area contributed by atoms with Crippen LogP contribution in [-0.4, -0.2) is 32.2 Å². The van der Waals surface area contributed by atoms with Crippen molar-refractivity contribution in [2.24, 2.45) is 0 Å². The van der Waals surface area contributed by atoms with Crippen molar-refractivity contribution < 1.29 is 28.5 Å². The summed E-state index contributed by atoms with van der Waals surface area (Å²) in [7, 11) is 6.68. The van der Waals surface area contributed by atoms with Crippen molar-refractivity contribution in [3.05, 3.63) is 35.9 Å². The number of quaternary nitrogens is 1. The Morgan fingerprint density at radius 1 is 1.00 bits per heavy atom. The molecule has 1 aromatic rings. The molecular weight excluding hydrogens is 273 g/mol. The zero-order chi connectivity index (χ0) is 9.03. The number of halogens is 1. The normalized spacial score (nSPS) is 10.7. The fraction of sp³-hybridized carbons (Fsp3) is 0.455. The van der Waals surface area contributed by atoms with Gasteiger partial charge in [-0.05, 0) is 5.56 Å². The zero-order valence-corrected chi connectivity index (χ0v) is 10.8. The van der Waals surface area contributed by atoms with Gasteiger partial charge in [-0.25, -0.2) is 0 Å². The topological polar surface area (TPSA) is 0 Å². The Kier molecular flexibility index (Phi) is 5.56. The van der Waals surface area contributed by atoms with Gasteiger partial charge in [0, 0.05) is 6.42 Å². The maximum Gasteiger partial charge on any atom is 0.0821 e. The Hall–Kier alpha value is -0.0900. The van der Waals surface area contributed by atoms with Gasteiger partial charge in [0.1, 0.15) is 0 Å². The molecule has 0 unspecified atom stereocenters. The highest BCUT2D eigenvalue weighted by molar-refractivity contribution is 5.14. The van der Waals surface area contributed by atoms with Crippen LogP contribution in [0.4, 0.5) is 0 Å². The molecule has 0 saturated heterocycles. The van der Waals surface area contributed by atoms with E-state index in [9.17, 15) is 0 Å². The summed E-state index contributed by atoms with van der Waals surface area (Å²) >= 11 is 0. The van der Waals surface area contributed by atoms with Crippen molar-refractivity contribution >= 4 is 0 Å². The number of likely N-dealkylation sites (N-methyl/N-ethyl adjacent to an activating group) is 1. The molecule has 0 bridgehead atoms. The molecule has 1 nitrogen and oxygen atoms in total. The van der Waals surface area contributed by atoms with Gasteiger partial charge < -0.3 is 28.5 Å². The van der Waals surface area contributed by atoms with Crippen molar-refractivity contribution in [2.45, 2.75) is 6.42 Å². The van der Waals surface area contributed by atoms with Crippen LogP contribution in [0.1, 0.15) is 5.56 Å². The standard InChI is InChI=1S/C11H18N.HI/c1-12(2,3)10-9-11-7-5-4-6-8-11;/h4-8H,9-10H2,1-3H3;1H/q+1;/p-1. The summed E-state index contributed by atoms with van der Waals surface area (Å²) in [6.45, 7) is 1.20.